The highest BCUT2D eigenvalue weighted by molar-refractivity contribution is 6.34. The van der Waals surface area contributed by atoms with Crippen molar-refractivity contribution in [2.45, 2.75) is 19.2 Å². The second-order valence-corrected chi connectivity index (χ2v) is 4.54. The Morgan fingerprint density at radius 1 is 1.29 bits per heavy atom. The minimum Gasteiger partial charge on any atom is -0.325 e. The fourth-order valence-electron chi connectivity index (χ4n) is 1.13. The van der Waals surface area contributed by atoms with Crippen LogP contribution in [0.2, 0.25) is 5.02 Å². The summed E-state index contributed by atoms with van der Waals surface area (Å²) in [7, 11) is 0. The van der Waals surface area contributed by atoms with Gasteiger partial charge >= 0.3 is 0 Å². The molecule has 1 atom stereocenters. The molecule has 2 amide bonds. The summed E-state index contributed by atoms with van der Waals surface area (Å²) in [5.74, 6) is -0.520. The summed E-state index contributed by atoms with van der Waals surface area (Å²) in [4.78, 5) is 22.2. The summed E-state index contributed by atoms with van der Waals surface area (Å²) in [5.41, 5.74) is 1.03. The van der Waals surface area contributed by atoms with Crippen LogP contribution in [0.5, 0.6) is 0 Å². The van der Waals surface area contributed by atoms with Crippen molar-refractivity contribution in [2.24, 2.45) is 0 Å². The molecule has 2 N–H and O–H groups in total. The number of carbonyl (C=O) groups excluding carboxylic acids is 2. The van der Waals surface area contributed by atoms with Gasteiger partial charge in [0.15, 0.2) is 0 Å². The van der Waals surface area contributed by atoms with Crippen LogP contribution in [0.4, 0.5) is 11.4 Å². The third kappa shape index (κ3) is 4.24. The van der Waals surface area contributed by atoms with Crippen molar-refractivity contribution < 1.29 is 9.59 Å². The number of hydrogen-bond acceptors (Lipinski definition) is 2. The lowest BCUT2D eigenvalue weighted by Gasteiger charge is -2.09. The molecule has 17 heavy (non-hydrogen) atoms. The largest absolute Gasteiger partial charge is 0.325 e. The van der Waals surface area contributed by atoms with Gasteiger partial charge in [-0.1, -0.05) is 11.6 Å². The van der Waals surface area contributed by atoms with Crippen molar-refractivity contribution in [1.82, 2.24) is 0 Å². The Kier molecular flexibility index (Phi) is 4.78. The Balaban J connectivity index is 2.82. The summed E-state index contributed by atoms with van der Waals surface area (Å²) >= 11 is 11.6. The molecule has 0 saturated heterocycles. The molecule has 0 aliphatic rings. The molecule has 0 aliphatic carbocycles. The molecular weight excluding hydrogens is 263 g/mol. The fourth-order valence-corrected chi connectivity index (χ4v) is 1.41. The van der Waals surface area contributed by atoms with Crippen LogP contribution in [0.1, 0.15) is 13.8 Å². The van der Waals surface area contributed by atoms with Crippen LogP contribution in [0.25, 0.3) is 0 Å². The lowest BCUT2D eigenvalue weighted by Crippen LogP contribution is -2.20. The van der Waals surface area contributed by atoms with E-state index in [1.807, 2.05) is 0 Å². The smallest absolute Gasteiger partial charge is 0.242 e. The Bertz CT molecular complexity index is 447. The highest BCUT2D eigenvalue weighted by atomic mass is 35.5. The quantitative estimate of drug-likeness (QED) is 0.833. The zero-order chi connectivity index (χ0) is 13.0. The van der Waals surface area contributed by atoms with E-state index in [2.05, 4.69) is 10.6 Å². The number of rotatable bonds is 3. The zero-order valence-electron chi connectivity index (χ0n) is 9.38. The number of benzene rings is 1. The summed E-state index contributed by atoms with van der Waals surface area (Å²) in [6.45, 7) is 2.96. The van der Waals surface area contributed by atoms with Crippen molar-refractivity contribution >= 4 is 46.4 Å². The molecule has 0 saturated carbocycles. The van der Waals surface area contributed by atoms with Gasteiger partial charge in [-0.3, -0.25) is 9.59 Å². The van der Waals surface area contributed by atoms with E-state index in [0.717, 1.165) is 0 Å². The molecule has 1 unspecified atom stereocenters. The Labute approximate surface area is 109 Å². The summed E-state index contributed by atoms with van der Waals surface area (Å²) in [5, 5.41) is 4.89. The molecule has 0 fully saturated rings. The first-order valence-corrected chi connectivity index (χ1v) is 5.73. The van der Waals surface area contributed by atoms with Crippen LogP contribution in [0.3, 0.4) is 0 Å². The zero-order valence-corrected chi connectivity index (χ0v) is 10.9. The molecule has 92 valence electrons. The van der Waals surface area contributed by atoms with Crippen LogP contribution in [-0.4, -0.2) is 17.2 Å². The normalized spacial score (nSPS) is 11.8. The monoisotopic (exact) mass is 274 g/mol. The van der Waals surface area contributed by atoms with E-state index in [1.54, 1.807) is 25.1 Å². The van der Waals surface area contributed by atoms with Gasteiger partial charge in [-0.05, 0) is 25.1 Å². The molecule has 0 heterocycles. The second kappa shape index (κ2) is 5.89. The van der Waals surface area contributed by atoms with Crippen molar-refractivity contribution in [3.05, 3.63) is 23.2 Å². The van der Waals surface area contributed by atoms with Gasteiger partial charge in [-0.2, -0.15) is 0 Å². The number of amides is 2. The summed E-state index contributed by atoms with van der Waals surface area (Å²) in [6, 6.07) is 4.79. The van der Waals surface area contributed by atoms with Crippen LogP contribution in [-0.2, 0) is 9.59 Å². The van der Waals surface area contributed by atoms with E-state index >= 15 is 0 Å². The third-order valence-corrected chi connectivity index (χ3v) is 2.42. The number of nitrogens with one attached hydrogen (secondary N) is 2. The van der Waals surface area contributed by atoms with Gasteiger partial charge in [0.25, 0.3) is 0 Å². The van der Waals surface area contributed by atoms with E-state index in [9.17, 15) is 9.59 Å². The summed E-state index contributed by atoms with van der Waals surface area (Å²) < 4.78 is 0. The van der Waals surface area contributed by atoms with Crippen LogP contribution < -0.4 is 10.6 Å². The average Bonchev–Trinajstić information content (AvgIpc) is 2.21. The maximum Gasteiger partial charge on any atom is 0.242 e. The van der Waals surface area contributed by atoms with Crippen LogP contribution in [0, 0.1) is 0 Å². The van der Waals surface area contributed by atoms with Crippen LogP contribution in [0.15, 0.2) is 18.2 Å². The first-order valence-electron chi connectivity index (χ1n) is 4.92. The molecular formula is C11H12Cl2N2O2. The van der Waals surface area contributed by atoms with Gasteiger partial charge in [0.1, 0.15) is 5.38 Å². The molecule has 1 rings (SSSR count). The van der Waals surface area contributed by atoms with E-state index in [1.165, 1.54) is 6.92 Å². The van der Waals surface area contributed by atoms with E-state index in [4.69, 9.17) is 23.2 Å². The molecule has 0 spiro atoms. The van der Waals surface area contributed by atoms with Gasteiger partial charge in [-0.15, -0.1) is 11.6 Å². The highest BCUT2D eigenvalue weighted by Gasteiger charge is 2.10. The molecule has 0 aliphatic heterocycles. The first kappa shape index (κ1) is 13.8. The minimum absolute atomic E-state index is 0.210. The average molecular weight is 275 g/mol. The number of hydrogen-bond donors (Lipinski definition) is 2. The van der Waals surface area contributed by atoms with Gasteiger partial charge in [0.2, 0.25) is 11.8 Å². The number of alkyl halides is 1. The molecule has 1 aromatic rings. The fraction of sp³-hybridized carbons (Fsp3) is 0.273. The Morgan fingerprint density at radius 3 is 2.41 bits per heavy atom. The van der Waals surface area contributed by atoms with E-state index in [0.29, 0.717) is 16.4 Å². The predicted molar refractivity (Wildman–Crippen MR) is 69.7 cm³/mol. The SMILES string of the molecule is CC(=O)Nc1ccc(NC(=O)C(C)Cl)cc1Cl. The van der Waals surface area contributed by atoms with Gasteiger partial charge in [-0.25, -0.2) is 0 Å². The molecule has 0 aromatic heterocycles. The van der Waals surface area contributed by atoms with Crippen molar-refractivity contribution in [3.63, 3.8) is 0 Å². The lowest BCUT2D eigenvalue weighted by molar-refractivity contribution is -0.116. The maximum atomic E-state index is 11.3. The van der Waals surface area contributed by atoms with Gasteiger partial charge in [0.05, 0.1) is 10.7 Å². The Hall–Kier alpha value is -1.26. The first-order chi connectivity index (χ1) is 7.90. The predicted octanol–water partition coefficient (Wildman–Crippen LogP) is 2.86. The molecule has 0 bridgehead atoms. The molecule has 0 radical (unpaired) electrons. The number of halogens is 2. The summed E-state index contributed by atoms with van der Waals surface area (Å²) in [6.07, 6.45) is 0. The third-order valence-electron chi connectivity index (χ3n) is 1.91. The number of anilines is 2. The lowest BCUT2D eigenvalue weighted by atomic mass is 10.2. The highest BCUT2D eigenvalue weighted by Crippen LogP contribution is 2.25. The van der Waals surface area contributed by atoms with E-state index in [-0.39, 0.29) is 11.8 Å². The maximum absolute atomic E-state index is 11.3. The molecule has 4 nitrogen and oxygen atoms in total. The topological polar surface area (TPSA) is 58.2 Å². The van der Waals surface area contributed by atoms with Crippen molar-refractivity contribution in [1.29, 1.82) is 0 Å². The molecule has 1 aromatic carbocycles. The standard InChI is InChI=1S/C11H12Cl2N2O2/c1-6(12)11(17)15-8-3-4-10(9(13)5-8)14-7(2)16/h3-6H,1-2H3,(H,14,16)(H,15,17). The number of carbonyl (C=O) groups is 2. The van der Waals surface area contributed by atoms with Crippen LogP contribution >= 0.6 is 23.2 Å². The molecule has 6 heteroatoms. The van der Waals surface area contributed by atoms with Gasteiger partial charge < -0.3 is 10.6 Å². The van der Waals surface area contributed by atoms with Gasteiger partial charge in [0, 0.05) is 12.6 Å². The van der Waals surface area contributed by atoms with Crippen molar-refractivity contribution in [2.75, 3.05) is 10.6 Å². The minimum atomic E-state index is -0.621. The van der Waals surface area contributed by atoms with Crippen molar-refractivity contribution in [3.8, 4) is 0 Å². The Morgan fingerprint density at radius 2 is 1.94 bits per heavy atom. The van der Waals surface area contributed by atoms with E-state index < -0.39 is 5.38 Å². The second-order valence-electron chi connectivity index (χ2n) is 3.48.